The average Bonchev–Trinajstić information content (AvgIpc) is 2.48. The van der Waals surface area contributed by atoms with Crippen molar-refractivity contribution < 1.29 is 9.90 Å². The summed E-state index contributed by atoms with van der Waals surface area (Å²) in [6.07, 6.45) is 3.89. The zero-order chi connectivity index (χ0) is 14.2. The van der Waals surface area contributed by atoms with Crippen LogP contribution in [-0.2, 0) is 5.75 Å². The summed E-state index contributed by atoms with van der Waals surface area (Å²) in [5.74, 6) is 0.941. The number of thioether (sulfide) groups is 1. The lowest BCUT2D eigenvalue weighted by Gasteiger charge is -2.00. The second-order valence-corrected chi connectivity index (χ2v) is 5.33. The van der Waals surface area contributed by atoms with E-state index in [9.17, 15) is 4.79 Å². The summed E-state index contributed by atoms with van der Waals surface area (Å²) in [4.78, 5) is 11.1. The molecule has 0 aliphatic rings. The second-order valence-electron chi connectivity index (χ2n) is 4.30. The molecule has 102 valence electrons. The Labute approximate surface area is 123 Å². The van der Waals surface area contributed by atoms with Crippen LogP contribution >= 0.6 is 11.8 Å². The Morgan fingerprint density at radius 3 is 2.50 bits per heavy atom. The van der Waals surface area contributed by atoms with Crippen molar-refractivity contribution in [3.63, 3.8) is 0 Å². The molecule has 2 nitrogen and oxygen atoms in total. The number of benzene rings is 2. The molecule has 2 aromatic rings. The minimum Gasteiger partial charge on any atom is -0.478 e. The molecule has 0 amide bonds. The van der Waals surface area contributed by atoms with E-state index in [1.807, 2.05) is 42.5 Å². The van der Waals surface area contributed by atoms with Crippen molar-refractivity contribution in [2.75, 3.05) is 5.75 Å². The highest BCUT2D eigenvalue weighted by Gasteiger charge is 2.05. The number of hydrogen-bond acceptors (Lipinski definition) is 2. The molecule has 0 bridgehead atoms. The van der Waals surface area contributed by atoms with E-state index < -0.39 is 5.97 Å². The van der Waals surface area contributed by atoms with E-state index in [1.165, 1.54) is 5.56 Å². The molecule has 0 unspecified atom stereocenters. The molecule has 0 fully saturated rings. The molecular weight excluding hydrogens is 268 g/mol. The number of aromatic carboxylic acids is 1. The molecule has 2 rings (SSSR count). The Balaban J connectivity index is 1.86. The van der Waals surface area contributed by atoms with Gasteiger partial charge in [-0.2, -0.15) is 11.8 Å². The van der Waals surface area contributed by atoms with Gasteiger partial charge in [0.05, 0.1) is 5.56 Å². The van der Waals surface area contributed by atoms with E-state index in [1.54, 1.807) is 23.9 Å². The molecule has 20 heavy (non-hydrogen) atoms. The summed E-state index contributed by atoms with van der Waals surface area (Å²) in [5, 5.41) is 9.08. The van der Waals surface area contributed by atoms with Gasteiger partial charge in [-0.05, 0) is 17.2 Å². The largest absolute Gasteiger partial charge is 0.478 e. The first-order chi connectivity index (χ1) is 9.77. The minimum atomic E-state index is -0.887. The van der Waals surface area contributed by atoms with E-state index in [-0.39, 0.29) is 0 Å². The third-order valence-electron chi connectivity index (χ3n) is 2.81. The average molecular weight is 284 g/mol. The van der Waals surface area contributed by atoms with E-state index in [4.69, 9.17) is 5.11 Å². The van der Waals surface area contributed by atoms with Gasteiger partial charge < -0.3 is 5.11 Å². The highest BCUT2D eigenvalue weighted by atomic mass is 32.2. The van der Waals surface area contributed by atoms with Crippen LogP contribution in [0.4, 0.5) is 0 Å². The zero-order valence-electron chi connectivity index (χ0n) is 11.0. The van der Waals surface area contributed by atoms with Crippen molar-refractivity contribution in [2.24, 2.45) is 0 Å². The van der Waals surface area contributed by atoms with Crippen LogP contribution in [-0.4, -0.2) is 16.8 Å². The van der Waals surface area contributed by atoms with Crippen LogP contribution < -0.4 is 0 Å². The molecule has 2 aromatic carbocycles. The second kappa shape index (κ2) is 7.56. The first kappa shape index (κ1) is 14.4. The molecule has 0 aliphatic heterocycles. The van der Waals surface area contributed by atoms with Gasteiger partial charge >= 0.3 is 5.97 Å². The Hall–Kier alpha value is -2.00. The lowest BCUT2D eigenvalue weighted by molar-refractivity contribution is 0.0696. The van der Waals surface area contributed by atoms with Crippen LogP contribution in [0.25, 0.3) is 6.08 Å². The van der Waals surface area contributed by atoms with Crippen molar-refractivity contribution in [3.05, 3.63) is 77.4 Å². The number of carbonyl (C=O) groups is 1. The van der Waals surface area contributed by atoms with Crippen LogP contribution in [0.15, 0.2) is 60.7 Å². The lowest BCUT2D eigenvalue weighted by atomic mass is 10.1. The fourth-order valence-electron chi connectivity index (χ4n) is 1.83. The van der Waals surface area contributed by atoms with Crippen molar-refractivity contribution in [1.82, 2.24) is 0 Å². The summed E-state index contributed by atoms with van der Waals surface area (Å²) in [7, 11) is 0. The summed E-state index contributed by atoms with van der Waals surface area (Å²) in [5.41, 5.74) is 2.40. The number of rotatable bonds is 6. The monoisotopic (exact) mass is 284 g/mol. The summed E-state index contributed by atoms with van der Waals surface area (Å²) in [6.45, 7) is 0. The molecule has 0 spiro atoms. The Morgan fingerprint density at radius 1 is 1.05 bits per heavy atom. The first-order valence-electron chi connectivity index (χ1n) is 6.38. The van der Waals surface area contributed by atoms with E-state index >= 15 is 0 Å². The van der Waals surface area contributed by atoms with Crippen molar-refractivity contribution in [3.8, 4) is 0 Å². The van der Waals surface area contributed by atoms with Crippen LogP contribution in [0.5, 0.6) is 0 Å². The summed E-state index contributed by atoms with van der Waals surface area (Å²) >= 11 is 1.81. The maximum atomic E-state index is 11.1. The van der Waals surface area contributed by atoms with Gasteiger partial charge in [-0.3, -0.25) is 0 Å². The van der Waals surface area contributed by atoms with Crippen molar-refractivity contribution in [1.29, 1.82) is 0 Å². The van der Waals surface area contributed by atoms with Crippen molar-refractivity contribution >= 4 is 23.8 Å². The smallest absolute Gasteiger partial charge is 0.336 e. The van der Waals surface area contributed by atoms with Gasteiger partial charge in [-0.1, -0.05) is 60.7 Å². The fourth-order valence-corrected chi connectivity index (χ4v) is 2.61. The SMILES string of the molecule is O=C(O)c1ccccc1/C=C/CSCc1ccccc1. The Bertz CT molecular complexity index is 591. The molecule has 0 radical (unpaired) electrons. The normalized spacial score (nSPS) is 10.8. The predicted molar refractivity (Wildman–Crippen MR) is 85.0 cm³/mol. The maximum absolute atomic E-state index is 11.1. The fraction of sp³-hybridized carbons (Fsp3) is 0.118. The van der Waals surface area contributed by atoms with Gasteiger partial charge in [0.2, 0.25) is 0 Å². The van der Waals surface area contributed by atoms with Gasteiger partial charge in [0, 0.05) is 11.5 Å². The number of carboxylic acid groups (broad SMARTS) is 1. The van der Waals surface area contributed by atoms with Crippen LogP contribution in [0, 0.1) is 0 Å². The molecular formula is C17H16O2S. The maximum Gasteiger partial charge on any atom is 0.336 e. The van der Waals surface area contributed by atoms with E-state index in [0.29, 0.717) is 5.56 Å². The Morgan fingerprint density at radius 2 is 1.75 bits per heavy atom. The Kier molecular flexibility index (Phi) is 5.44. The molecule has 0 aliphatic carbocycles. The van der Waals surface area contributed by atoms with Gasteiger partial charge in [-0.25, -0.2) is 4.79 Å². The van der Waals surface area contributed by atoms with Crippen LogP contribution in [0.3, 0.4) is 0 Å². The highest BCUT2D eigenvalue weighted by molar-refractivity contribution is 7.98. The predicted octanol–water partition coefficient (Wildman–Crippen LogP) is 4.33. The minimum absolute atomic E-state index is 0.344. The molecule has 0 saturated heterocycles. The number of hydrogen-bond donors (Lipinski definition) is 1. The van der Waals surface area contributed by atoms with E-state index in [0.717, 1.165) is 17.1 Å². The molecule has 0 heterocycles. The molecule has 0 atom stereocenters. The van der Waals surface area contributed by atoms with E-state index in [2.05, 4.69) is 12.1 Å². The summed E-state index contributed by atoms with van der Waals surface area (Å²) < 4.78 is 0. The third-order valence-corrected chi connectivity index (χ3v) is 3.78. The lowest BCUT2D eigenvalue weighted by Crippen LogP contribution is -1.98. The molecule has 0 saturated carbocycles. The zero-order valence-corrected chi connectivity index (χ0v) is 11.8. The highest BCUT2D eigenvalue weighted by Crippen LogP contribution is 2.14. The van der Waals surface area contributed by atoms with Gasteiger partial charge in [0.1, 0.15) is 0 Å². The van der Waals surface area contributed by atoms with Crippen LogP contribution in [0.2, 0.25) is 0 Å². The topological polar surface area (TPSA) is 37.3 Å². The molecule has 1 N–H and O–H groups in total. The quantitative estimate of drug-likeness (QED) is 0.802. The van der Waals surface area contributed by atoms with Gasteiger partial charge in [0.15, 0.2) is 0 Å². The van der Waals surface area contributed by atoms with Gasteiger partial charge in [-0.15, -0.1) is 0 Å². The summed E-state index contributed by atoms with van der Waals surface area (Å²) in [6, 6.07) is 17.3. The molecule has 0 aromatic heterocycles. The van der Waals surface area contributed by atoms with Gasteiger partial charge in [0.25, 0.3) is 0 Å². The number of carboxylic acids is 1. The van der Waals surface area contributed by atoms with Crippen LogP contribution in [0.1, 0.15) is 21.5 Å². The first-order valence-corrected chi connectivity index (χ1v) is 7.53. The van der Waals surface area contributed by atoms with Crippen molar-refractivity contribution in [2.45, 2.75) is 5.75 Å². The molecule has 3 heteroatoms. The standard InChI is InChI=1S/C17H16O2S/c18-17(19)16-11-5-4-9-15(16)10-6-12-20-13-14-7-2-1-3-8-14/h1-11H,12-13H2,(H,18,19)/b10-6+. The third kappa shape index (κ3) is 4.28.